The van der Waals surface area contributed by atoms with E-state index in [1.54, 1.807) is 12.4 Å². The summed E-state index contributed by atoms with van der Waals surface area (Å²) in [5, 5.41) is 4.47. The lowest BCUT2D eigenvalue weighted by Crippen LogP contribution is -2.42. The summed E-state index contributed by atoms with van der Waals surface area (Å²) in [6, 6.07) is 13.8. The summed E-state index contributed by atoms with van der Waals surface area (Å²) in [5.41, 5.74) is 3.01. The van der Waals surface area contributed by atoms with E-state index in [9.17, 15) is 4.79 Å². The van der Waals surface area contributed by atoms with E-state index < -0.39 is 5.41 Å². The minimum absolute atomic E-state index is 0.0391. The van der Waals surface area contributed by atoms with E-state index in [-0.39, 0.29) is 12.2 Å². The van der Waals surface area contributed by atoms with Crippen molar-refractivity contribution in [1.29, 1.82) is 0 Å². The minimum atomic E-state index is -0.669. The van der Waals surface area contributed by atoms with Crippen LogP contribution in [0.3, 0.4) is 0 Å². The quantitative estimate of drug-likeness (QED) is 0.465. The van der Waals surface area contributed by atoms with Gasteiger partial charge in [-0.15, -0.1) is 0 Å². The van der Waals surface area contributed by atoms with Crippen LogP contribution in [0.5, 0.6) is 5.75 Å². The van der Waals surface area contributed by atoms with Gasteiger partial charge in [0.25, 0.3) is 0 Å². The third-order valence-electron chi connectivity index (χ3n) is 6.91. The highest BCUT2D eigenvalue weighted by Gasteiger charge is 2.42. The second-order valence-electron chi connectivity index (χ2n) is 9.04. The molecular formula is C27H31N3O5. The molecule has 2 aromatic heterocycles. The van der Waals surface area contributed by atoms with Crippen molar-refractivity contribution >= 4 is 5.97 Å². The number of carbonyl (C=O) groups is 1. The molecule has 4 heterocycles. The normalized spacial score (nSPS) is 19.7. The van der Waals surface area contributed by atoms with Gasteiger partial charge in [0.1, 0.15) is 12.4 Å². The first-order chi connectivity index (χ1) is 17.2. The van der Waals surface area contributed by atoms with Crippen molar-refractivity contribution in [2.45, 2.75) is 50.4 Å². The number of hydrogen-bond acceptors (Lipinski definition) is 7. The molecule has 8 heteroatoms. The van der Waals surface area contributed by atoms with Gasteiger partial charge in [-0.3, -0.25) is 9.78 Å². The average Bonchev–Trinajstić information content (AvgIpc) is 3.43. The molecule has 35 heavy (non-hydrogen) atoms. The summed E-state index contributed by atoms with van der Waals surface area (Å²) < 4.78 is 24.5. The Morgan fingerprint density at radius 2 is 2.03 bits per heavy atom. The van der Waals surface area contributed by atoms with E-state index in [0.717, 1.165) is 48.4 Å². The Hall–Kier alpha value is -3.23. The molecule has 8 nitrogen and oxygen atoms in total. The zero-order chi connectivity index (χ0) is 24.1. The van der Waals surface area contributed by atoms with Gasteiger partial charge in [0, 0.05) is 26.0 Å². The van der Waals surface area contributed by atoms with Gasteiger partial charge in [0.15, 0.2) is 6.23 Å². The summed E-state index contributed by atoms with van der Waals surface area (Å²) in [5.74, 6) is 0.462. The highest BCUT2D eigenvalue weighted by molar-refractivity contribution is 5.83. The number of aromatic nitrogens is 3. The Bertz CT molecular complexity index is 1130. The standard InChI is InChI=1S/C27H31N3O5/c1-32-26(31)27(11-15-33-16-12-27)21-6-4-5-20(17-21)19-35-22-8-9-23(28-18-22)24-10-13-29-30(24)25-7-2-3-14-34-25/h4-6,8-10,13,17-18,25H,2-3,7,11-12,14-16,19H2,1H3. The fourth-order valence-corrected chi connectivity index (χ4v) is 4.93. The molecule has 0 radical (unpaired) electrons. The van der Waals surface area contributed by atoms with Crippen LogP contribution in [0.4, 0.5) is 0 Å². The van der Waals surface area contributed by atoms with Gasteiger partial charge in [-0.1, -0.05) is 24.3 Å². The SMILES string of the molecule is COC(=O)C1(c2cccc(COc3ccc(-c4ccnn4C4CCCCO4)nc3)c2)CCOCC1. The summed E-state index contributed by atoms with van der Waals surface area (Å²) >= 11 is 0. The number of carbonyl (C=O) groups excluding carboxylic acids is 1. The largest absolute Gasteiger partial charge is 0.487 e. The Morgan fingerprint density at radius 3 is 2.77 bits per heavy atom. The number of benzene rings is 1. The molecule has 5 rings (SSSR count). The molecule has 0 aliphatic carbocycles. The van der Waals surface area contributed by atoms with Gasteiger partial charge in [-0.05, 0) is 61.4 Å². The molecule has 184 valence electrons. The molecular weight excluding hydrogens is 446 g/mol. The maximum Gasteiger partial charge on any atom is 0.316 e. The second kappa shape index (κ2) is 10.6. The van der Waals surface area contributed by atoms with Crippen molar-refractivity contribution in [2.75, 3.05) is 26.9 Å². The lowest BCUT2D eigenvalue weighted by molar-refractivity contribution is -0.151. The number of nitrogens with zero attached hydrogens (tertiary/aromatic N) is 3. The fourth-order valence-electron chi connectivity index (χ4n) is 4.93. The third kappa shape index (κ3) is 4.94. The topological polar surface area (TPSA) is 84.7 Å². The van der Waals surface area contributed by atoms with Gasteiger partial charge < -0.3 is 18.9 Å². The molecule has 0 bridgehead atoms. The average molecular weight is 478 g/mol. The molecule has 1 unspecified atom stereocenters. The van der Waals surface area contributed by atoms with Crippen molar-refractivity contribution in [2.24, 2.45) is 0 Å². The van der Waals surface area contributed by atoms with E-state index in [0.29, 0.717) is 38.4 Å². The van der Waals surface area contributed by atoms with Crippen molar-refractivity contribution in [3.63, 3.8) is 0 Å². The Labute approximate surface area is 205 Å². The van der Waals surface area contributed by atoms with Crippen molar-refractivity contribution in [3.05, 3.63) is 66.0 Å². The van der Waals surface area contributed by atoms with Crippen LogP contribution < -0.4 is 4.74 Å². The lowest BCUT2D eigenvalue weighted by atomic mass is 9.74. The molecule has 2 aliphatic rings. The van der Waals surface area contributed by atoms with E-state index >= 15 is 0 Å². The van der Waals surface area contributed by atoms with Gasteiger partial charge >= 0.3 is 5.97 Å². The van der Waals surface area contributed by atoms with Crippen molar-refractivity contribution < 1.29 is 23.7 Å². The van der Waals surface area contributed by atoms with Crippen molar-refractivity contribution in [3.8, 4) is 17.1 Å². The second-order valence-corrected chi connectivity index (χ2v) is 9.04. The van der Waals surface area contributed by atoms with Crippen LogP contribution in [0.2, 0.25) is 0 Å². The first-order valence-corrected chi connectivity index (χ1v) is 12.2. The molecule has 0 spiro atoms. The van der Waals surface area contributed by atoms with Crippen molar-refractivity contribution in [1.82, 2.24) is 14.8 Å². The monoisotopic (exact) mass is 477 g/mol. The molecule has 0 N–H and O–H groups in total. The lowest BCUT2D eigenvalue weighted by Gasteiger charge is -2.35. The maximum absolute atomic E-state index is 12.7. The highest BCUT2D eigenvalue weighted by atomic mass is 16.5. The molecule has 1 aromatic carbocycles. The number of methoxy groups -OCH3 is 1. The fraction of sp³-hybridized carbons (Fsp3) is 0.444. The van der Waals surface area contributed by atoms with Crippen LogP contribution in [-0.2, 0) is 31.0 Å². The van der Waals surface area contributed by atoms with Crippen LogP contribution >= 0.6 is 0 Å². The number of pyridine rings is 1. The molecule has 2 aliphatic heterocycles. The number of esters is 1. The highest BCUT2D eigenvalue weighted by Crippen LogP contribution is 2.36. The van der Waals surface area contributed by atoms with Crippen LogP contribution in [0, 0.1) is 0 Å². The van der Waals surface area contributed by atoms with Crippen LogP contribution in [0.15, 0.2) is 54.9 Å². The molecule has 3 aromatic rings. The third-order valence-corrected chi connectivity index (χ3v) is 6.91. The van der Waals surface area contributed by atoms with Gasteiger partial charge in [-0.2, -0.15) is 5.10 Å². The molecule has 0 saturated carbocycles. The van der Waals surface area contributed by atoms with E-state index in [1.807, 2.05) is 47.1 Å². The number of ether oxygens (including phenoxy) is 4. The number of rotatable bonds is 7. The predicted molar refractivity (Wildman–Crippen MR) is 129 cm³/mol. The summed E-state index contributed by atoms with van der Waals surface area (Å²) in [6.45, 7) is 2.22. The first-order valence-electron chi connectivity index (χ1n) is 12.2. The summed E-state index contributed by atoms with van der Waals surface area (Å²) in [7, 11) is 1.44. The van der Waals surface area contributed by atoms with E-state index in [2.05, 4.69) is 10.1 Å². The van der Waals surface area contributed by atoms with Gasteiger partial charge in [0.05, 0.1) is 30.1 Å². The Balaban J connectivity index is 1.27. The van der Waals surface area contributed by atoms with Crippen LogP contribution in [-0.4, -0.2) is 47.7 Å². The summed E-state index contributed by atoms with van der Waals surface area (Å²) in [6.07, 6.45) is 7.88. The maximum atomic E-state index is 12.7. The molecule has 2 fully saturated rings. The first kappa shape index (κ1) is 23.5. The Morgan fingerprint density at radius 1 is 1.14 bits per heavy atom. The zero-order valence-electron chi connectivity index (χ0n) is 20.0. The van der Waals surface area contributed by atoms with Crippen LogP contribution in [0.1, 0.15) is 49.5 Å². The minimum Gasteiger partial charge on any atom is -0.487 e. The number of hydrogen-bond donors (Lipinski definition) is 0. The molecule has 2 saturated heterocycles. The van der Waals surface area contributed by atoms with E-state index in [4.69, 9.17) is 18.9 Å². The summed E-state index contributed by atoms with van der Waals surface area (Å²) in [4.78, 5) is 17.3. The molecule has 1 atom stereocenters. The van der Waals surface area contributed by atoms with Crippen LogP contribution in [0.25, 0.3) is 11.4 Å². The smallest absolute Gasteiger partial charge is 0.316 e. The Kier molecular flexibility index (Phi) is 7.11. The molecule has 0 amide bonds. The zero-order valence-corrected chi connectivity index (χ0v) is 20.0. The van der Waals surface area contributed by atoms with E-state index in [1.165, 1.54) is 7.11 Å². The van der Waals surface area contributed by atoms with Gasteiger partial charge in [-0.25, -0.2) is 4.68 Å². The van der Waals surface area contributed by atoms with Gasteiger partial charge in [0.2, 0.25) is 0 Å². The predicted octanol–water partition coefficient (Wildman–Crippen LogP) is 4.44.